The Morgan fingerprint density at radius 2 is 2.47 bits per heavy atom. The van der Waals surface area contributed by atoms with E-state index >= 15 is 0 Å². The Morgan fingerprint density at radius 1 is 1.53 bits per heavy atom. The summed E-state index contributed by atoms with van der Waals surface area (Å²) in [5.41, 5.74) is 0. The van der Waals surface area contributed by atoms with Crippen LogP contribution in [-0.2, 0) is 16.0 Å². The Labute approximate surface area is 101 Å². The predicted molar refractivity (Wildman–Crippen MR) is 63.6 cm³/mol. The Balaban J connectivity index is 1.53. The van der Waals surface area contributed by atoms with Gasteiger partial charge in [0.1, 0.15) is 5.76 Å². The zero-order valence-corrected chi connectivity index (χ0v) is 9.98. The number of carbonyl (C=O) groups excluding carboxylic acids is 1. The highest BCUT2D eigenvalue weighted by Crippen LogP contribution is 2.15. The maximum absolute atomic E-state index is 11.6. The fraction of sp³-hybridized carbons (Fsp3) is 0.615. The van der Waals surface area contributed by atoms with E-state index in [1.54, 1.807) is 6.26 Å². The average molecular weight is 237 g/mol. The number of ether oxygens (including phenoxy) is 1. The first kappa shape index (κ1) is 12.2. The first-order chi connectivity index (χ1) is 8.34. The van der Waals surface area contributed by atoms with Gasteiger partial charge >= 0.3 is 0 Å². The SMILES string of the molecule is O=C(C[C@@H]1CCOC1)NCCCc1ccco1. The van der Waals surface area contributed by atoms with E-state index in [1.165, 1.54) is 0 Å². The van der Waals surface area contributed by atoms with Gasteiger partial charge in [0, 0.05) is 32.6 Å². The molecule has 0 unspecified atom stereocenters. The minimum atomic E-state index is 0.139. The average Bonchev–Trinajstić information content (AvgIpc) is 2.96. The van der Waals surface area contributed by atoms with Crippen molar-refractivity contribution in [1.82, 2.24) is 5.32 Å². The largest absolute Gasteiger partial charge is 0.469 e. The van der Waals surface area contributed by atoms with Gasteiger partial charge in [-0.25, -0.2) is 0 Å². The molecule has 0 aliphatic carbocycles. The topological polar surface area (TPSA) is 51.5 Å². The Bertz CT molecular complexity index is 328. The highest BCUT2D eigenvalue weighted by Gasteiger charge is 2.18. The third-order valence-electron chi connectivity index (χ3n) is 3.00. The van der Waals surface area contributed by atoms with Crippen LogP contribution in [0.25, 0.3) is 0 Å². The van der Waals surface area contributed by atoms with Crippen molar-refractivity contribution in [3.05, 3.63) is 24.2 Å². The molecule has 2 rings (SSSR count). The Morgan fingerprint density at radius 3 is 3.18 bits per heavy atom. The molecule has 0 radical (unpaired) electrons. The van der Waals surface area contributed by atoms with Crippen LogP contribution >= 0.6 is 0 Å². The lowest BCUT2D eigenvalue weighted by Gasteiger charge is -2.08. The Kier molecular flexibility index (Phi) is 4.62. The number of furan rings is 1. The van der Waals surface area contributed by atoms with Gasteiger partial charge in [0.05, 0.1) is 6.26 Å². The zero-order valence-electron chi connectivity index (χ0n) is 9.98. The van der Waals surface area contributed by atoms with Crippen LogP contribution < -0.4 is 5.32 Å². The molecule has 1 aromatic heterocycles. The number of nitrogens with one attached hydrogen (secondary N) is 1. The van der Waals surface area contributed by atoms with Crippen molar-refractivity contribution < 1.29 is 13.9 Å². The van der Waals surface area contributed by atoms with E-state index in [4.69, 9.17) is 9.15 Å². The molecule has 0 saturated carbocycles. The third-order valence-corrected chi connectivity index (χ3v) is 3.00. The highest BCUT2D eigenvalue weighted by molar-refractivity contribution is 5.76. The van der Waals surface area contributed by atoms with Crippen molar-refractivity contribution in [3.8, 4) is 0 Å². The molecule has 1 aliphatic heterocycles. The molecular formula is C13H19NO3. The van der Waals surface area contributed by atoms with E-state index in [1.807, 2.05) is 12.1 Å². The van der Waals surface area contributed by atoms with Gasteiger partial charge in [-0.2, -0.15) is 0 Å². The van der Waals surface area contributed by atoms with Crippen LogP contribution in [0.2, 0.25) is 0 Å². The predicted octanol–water partition coefficient (Wildman–Crippen LogP) is 1.75. The number of amides is 1. The van der Waals surface area contributed by atoms with Gasteiger partial charge < -0.3 is 14.5 Å². The number of hydrogen-bond donors (Lipinski definition) is 1. The molecule has 4 nitrogen and oxygen atoms in total. The lowest BCUT2D eigenvalue weighted by molar-refractivity contribution is -0.122. The minimum Gasteiger partial charge on any atom is -0.469 e. The summed E-state index contributed by atoms with van der Waals surface area (Å²) in [5, 5.41) is 2.94. The molecule has 17 heavy (non-hydrogen) atoms. The van der Waals surface area contributed by atoms with Gasteiger partial charge in [0.25, 0.3) is 0 Å². The summed E-state index contributed by atoms with van der Waals surface area (Å²) in [5.74, 6) is 1.53. The smallest absolute Gasteiger partial charge is 0.220 e. The van der Waals surface area contributed by atoms with E-state index < -0.39 is 0 Å². The number of rotatable bonds is 6. The molecule has 0 aromatic carbocycles. The monoisotopic (exact) mass is 237 g/mol. The first-order valence-corrected chi connectivity index (χ1v) is 6.21. The second-order valence-corrected chi connectivity index (χ2v) is 4.47. The molecule has 1 amide bonds. The quantitative estimate of drug-likeness (QED) is 0.767. The molecule has 1 aromatic rings. The summed E-state index contributed by atoms with van der Waals surface area (Å²) < 4.78 is 10.5. The molecule has 1 atom stereocenters. The fourth-order valence-corrected chi connectivity index (χ4v) is 2.02. The number of aryl methyl sites for hydroxylation is 1. The van der Waals surface area contributed by atoms with Gasteiger partial charge in [0.15, 0.2) is 0 Å². The lowest BCUT2D eigenvalue weighted by Crippen LogP contribution is -2.26. The summed E-state index contributed by atoms with van der Waals surface area (Å²) in [6.07, 6.45) is 5.08. The van der Waals surface area contributed by atoms with Crippen LogP contribution in [-0.4, -0.2) is 25.7 Å². The Hall–Kier alpha value is -1.29. The molecule has 1 saturated heterocycles. The maximum atomic E-state index is 11.6. The van der Waals surface area contributed by atoms with Crippen molar-refractivity contribution in [2.75, 3.05) is 19.8 Å². The van der Waals surface area contributed by atoms with Crippen molar-refractivity contribution in [2.45, 2.75) is 25.7 Å². The molecule has 1 fully saturated rings. The second-order valence-electron chi connectivity index (χ2n) is 4.47. The molecule has 94 valence electrons. The number of hydrogen-bond acceptors (Lipinski definition) is 3. The van der Waals surface area contributed by atoms with Gasteiger partial charge in [-0.1, -0.05) is 0 Å². The molecule has 1 N–H and O–H groups in total. The summed E-state index contributed by atoms with van der Waals surface area (Å²) >= 11 is 0. The minimum absolute atomic E-state index is 0.139. The van der Waals surface area contributed by atoms with Crippen molar-refractivity contribution in [2.24, 2.45) is 5.92 Å². The molecule has 1 aliphatic rings. The van der Waals surface area contributed by atoms with E-state index in [0.717, 1.165) is 38.2 Å². The molecular weight excluding hydrogens is 218 g/mol. The molecule has 4 heteroatoms. The van der Waals surface area contributed by atoms with Crippen LogP contribution in [0.15, 0.2) is 22.8 Å². The van der Waals surface area contributed by atoms with Gasteiger partial charge in [-0.15, -0.1) is 0 Å². The molecule has 0 bridgehead atoms. The van der Waals surface area contributed by atoms with Gasteiger partial charge in [-0.05, 0) is 30.9 Å². The van der Waals surface area contributed by atoms with Crippen molar-refractivity contribution >= 4 is 5.91 Å². The molecule has 0 spiro atoms. The summed E-state index contributed by atoms with van der Waals surface area (Å²) in [6, 6.07) is 3.84. The van der Waals surface area contributed by atoms with Crippen LogP contribution in [0.3, 0.4) is 0 Å². The van der Waals surface area contributed by atoms with E-state index in [9.17, 15) is 4.79 Å². The van der Waals surface area contributed by atoms with Crippen molar-refractivity contribution in [3.63, 3.8) is 0 Å². The van der Waals surface area contributed by atoms with Crippen LogP contribution in [0.4, 0.5) is 0 Å². The fourth-order valence-electron chi connectivity index (χ4n) is 2.02. The number of carbonyl (C=O) groups is 1. The standard InChI is InChI=1S/C13H19NO3/c15-13(9-11-5-8-16-10-11)14-6-1-3-12-4-2-7-17-12/h2,4,7,11H,1,3,5-6,8-10H2,(H,14,15)/t11-/m0/s1. The van der Waals surface area contributed by atoms with Crippen LogP contribution in [0, 0.1) is 5.92 Å². The maximum Gasteiger partial charge on any atom is 0.220 e. The lowest BCUT2D eigenvalue weighted by atomic mass is 10.0. The van der Waals surface area contributed by atoms with Crippen LogP contribution in [0.1, 0.15) is 25.0 Å². The van der Waals surface area contributed by atoms with Crippen LogP contribution in [0.5, 0.6) is 0 Å². The second kappa shape index (κ2) is 6.45. The van der Waals surface area contributed by atoms with E-state index in [0.29, 0.717) is 18.9 Å². The molecule has 2 heterocycles. The van der Waals surface area contributed by atoms with E-state index in [-0.39, 0.29) is 5.91 Å². The highest BCUT2D eigenvalue weighted by atomic mass is 16.5. The summed E-state index contributed by atoms with van der Waals surface area (Å²) in [4.78, 5) is 11.6. The van der Waals surface area contributed by atoms with Gasteiger partial charge in [-0.3, -0.25) is 4.79 Å². The normalized spacial score (nSPS) is 19.4. The van der Waals surface area contributed by atoms with Gasteiger partial charge in [0.2, 0.25) is 5.91 Å². The van der Waals surface area contributed by atoms with Crippen molar-refractivity contribution in [1.29, 1.82) is 0 Å². The van der Waals surface area contributed by atoms with E-state index in [2.05, 4.69) is 5.32 Å². The zero-order chi connectivity index (χ0) is 11.9. The summed E-state index contributed by atoms with van der Waals surface area (Å²) in [6.45, 7) is 2.25. The first-order valence-electron chi connectivity index (χ1n) is 6.21. The third kappa shape index (κ3) is 4.23. The summed E-state index contributed by atoms with van der Waals surface area (Å²) in [7, 11) is 0.